The van der Waals surface area contributed by atoms with Gasteiger partial charge in [-0.1, -0.05) is 6.07 Å². The quantitative estimate of drug-likeness (QED) is 0.353. The number of nitrogens with one attached hydrogen (secondary N) is 2. The number of likely N-dealkylation sites (N-methyl/N-ethyl adjacent to an activating group) is 1. The normalized spacial score (nSPS) is 16.8. The van der Waals surface area contributed by atoms with Gasteiger partial charge in [-0.2, -0.15) is 0 Å². The third-order valence-electron chi connectivity index (χ3n) is 4.30. The molecule has 0 aliphatic heterocycles. The summed E-state index contributed by atoms with van der Waals surface area (Å²) in [4.78, 5) is 6.65. The number of nitrogens with zero attached hydrogens (tertiary/aromatic N) is 2. The monoisotopic (exact) mass is 464 g/mol. The van der Waals surface area contributed by atoms with E-state index in [0.717, 1.165) is 18.5 Å². The van der Waals surface area contributed by atoms with Crippen LogP contribution in [0.4, 0.5) is 4.39 Å². The molecule has 0 bridgehead atoms. The summed E-state index contributed by atoms with van der Waals surface area (Å²) in [5, 5.41) is 6.59. The van der Waals surface area contributed by atoms with Crippen molar-refractivity contribution in [1.29, 1.82) is 0 Å². The van der Waals surface area contributed by atoms with Crippen LogP contribution in [-0.4, -0.2) is 56.2 Å². The minimum atomic E-state index is -0.293. The lowest BCUT2D eigenvalue weighted by atomic mass is 10.3. The van der Waals surface area contributed by atoms with Crippen LogP contribution in [0.25, 0.3) is 0 Å². The van der Waals surface area contributed by atoms with Crippen LogP contribution in [0.3, 0.4) is 0 Å². The third kappa shape index (κ3) is 7.77. The van der Waals surface area contributed by atoms with Crippen LogP contribution >= 0.6 is 24.0 Å². The summed E-state index contributed by atoms with van der Waals surface area (Å²) < 4.78 is 18.9. The SMILES string of the molecule is CN=C(NCC(C)Oc1cccc(F)c1)NCC(C)N(C)C1CC1.I. The first-order chi connectivity index (χ1) is 11.5. The Morgan fingerprint density at radius 1 is 1.32 bits per heavy atom. The van der Waals surface area contributed by atoms with Crippen molar-refractivity contribution < 1.29 is 9.13 Å². The maximum absolute atomic E-state index is 13.2. The predicted octanol–water partition coefficient (Wildman–Crippen LogP) is 2.86. The fourth-order valence-electron chi connectivity index (χ4n) is 2.51. The minimum absolute atomic E-state index is 0. The van der Waals surface area contributed by atoms with Crippen LogP contribution < -0.4 is 15.4 Å². The van der Waals surface area contributed by atoms with Crippen molar-refractivity contribution in [2.45, 2.75) is 44.9 Å². The van der Waals surface area contributed by atoms with Crippen LogP contribution in [0.1, 0.15) is 26.7 Å². The second-order valence-corrected chi connectivity index (χ2v) is 6.47. The first-order valence-electron chi connectivity index (χ1n) is 8.58. The minimum Gasteiger partial charge on any atom is -0.489 e. The Labute approximate surface area is 167 Å². The summed E-state index contributed by atoms with van der Waals surface area (Å²) in [5.41, 5.74) is 0. The molecule has 25 heavy (non-hydrogen) atoms. The van der Waals surface area contributed by atoms with Crippen molar-refractivity contribution in [3.8, 4) is 5.75 Å². The molecular weight excluding hydrogens is 434 g/mol. The van der Waals surface area contributed by atoms with Gasteiger partial charge in [0, 0.05) is 31.7 Å². The molecule has 2 atom stereocenters. The van der Waals surface area contributed by atoms with E-state index in [1.165, 1.54) is 25.0 Å². The van der Waals surface area contributed by atoms with Gasteiger partial charge in [0.25, 0.3) is 0 Å². The van der Waals surface area contributed by atoms with Gasteiger partial charge >= 0.3 is 0 Å². The molecule has 142 valence electrons. The molecule has 0 radical (unpaired) electrons. The highest BCUT2D eigenvalue weighted by molar-refractivity contribution is 14.0. The Morgan fingerprint density at radius 2 is 2.00 bits per heavy atom. The van der Waals surface area contributed by atoms with Gasteiger partial charge in [0.1, 0.15) is 17.7 Å². The number of hydrogen-bond acceptors (Lipinski definition) is 3. The molecule has 1 fully saturated rings. The summed E-state index contributed by atoms with van der Waals surface area (Å²) in [5.74, 6) is 0.992. The highest BCUT2D eigenvalue weighted by atomic mass is 127. The number of ether oxygens (including phenoxy) is 1. The Morgan fingerprint density at radius 3 is 2.60 bits per heavy atom. The first-order valence-corrected chi connectivity index (χ1v) is 8.58. The van der Waals surface area contributed by atoms with Crippen LogP contribution in [0.2, 0.25) is 0 Å². The molecule has 0 heterocycles. The van der Waals surface area contributed by atoms with Gasteiger partial charge in [0.2, 0.25) is 0 Å². The van der Waals surface area contributed by atoms with Crippen molar-refractivity contribution in [2.24, 2.45) is 4.99 Å². The maximum Gasteiger partial charge on any atom is 0.191 e. The van der Waals surface area contributed by atoms with Gasteiger partial charge in [0.05, 0.1) is 6.54 Å². The second kappa shape index (κ2) is 10.8. The van der Waals surface area contributed by atoms with Gasteiger partial charge in [-0.3, -0.25) is 9.89 Å². The zero-order chi connectivity index (χ0) is 17.5. The van der Waals surface area contributed by atoms with E-state index < -0.39 is 0 Å². The number of halogens is 2. The highest BCUT2D eigenvalue weighted by Gasteiger charge is 2.28. The summed E-state index contributed by atoms with van der Waals surface area (Å²) in [6.45, 7) is 5.58. The standard InChI is InChI=1S/C18H29FN4O.HI/c1-13(23(4)16-8-9-16)11-21-18(20-3)22-12-14(2)24-17-7-5-6-15(19)10-17;/h5-7,10,13-14,16H,8-9,11-12H2,1-4H3,(H2,20,21,22);1H. The Hall–Kier alpha value is -1.09. The number of guanidine groups is 1. The predicted molar refractivity (Wildman–Crippen MR) is 112 cm³/mol. The smallest absolute Gasteiger partial charge is 0.191 e. The molecule has 2 rings (SSSR count). The highest BCUT2D eigenvalue weighted by Crippen LogP contribution is 2.26. The van der Waals surface area contributed by atoms with E-state index in [2.05, 4.69) is 34.5 Å². The van der Waals surface area contributed by atoms with E-state index in [1.807, 2.05) is 6.92 Å². The molecule has 1 aromatic carbocycles. The lowest BCUT2D eigenvalue weighted by molar-refractivity contribution is 0.222. The van der Waals surface area contributed by atoms with Gasteiger partial charge in [-0.25, -0.2) is 4.39 Å². The molecule has 0 amide bonds. The van der Waals surface area contributed by atoms with Crippen molar-refractivity contribution >= 4 is 29.9 Å². The van der Waals surface area contributed by atoms with E-state index in [0.29, 0.717) is 18.3 Å². The molecule has 1 saturated carbocycles. The van der Waals surface area contributed by atoms with E-state index in [4.69, 9.17) is 4.74 Å². The van der Waals surface area contributed by atoms with Gasteiger partial charge in [0.15, 0.2) is 5.96 Å². The van der Waals surface area contributed by atoms with Gasteiger partial charge in [-0.15, -0.1) is 24.0 Å². The molecule has 1 aromatic rings. The largest absolute Gasteiger partial charge is 0.489 e. The Kier molecular flexibility index (Phi) is 9.48. The van der Waals surface area contributed by atoms with E-state index >= 15 is 0 Å². The topological polar surface area (TPSA) is 48.9 Å². The molecule has 0 saturated heterocycles. The third-order valence-corrected chi connectivity index (χ3v) is 4.30. The van der Waals surface area contributed by atoms with Gasteiger partial charge in [-0.05, 0) is 45.9 Å². The molecule has 1 aliphatic carbocycles. The molecule has 2 unspecified atom stereocenters. The van der Waals surface area contributed by atoms with Crippen molar-refractivity contribution in [1.82, 2.24) is 15.5 Å². The number of benzene rings is 1. The Balaban J connectivity index is 0.00000312. The summed E-state index contributed by atoms with van der Waals surface area (Å²) >= 11 is 0. The average molecular weight is 464 g/mol. The fourth-order valence-corrected chi connectivity index (χ4v) is 2.51. The van der Waals surface area contributed by atoms with Crippen molar-refractivity contribution in [3.05, 3.63) is 30.1 Å². The molecular formula is C18H30FIN4O. The van der Waals surface area contributed by atoms with E-state index in [1.54, 1.807) is 19.2 Å². The summed E-state index contributed by atoms with van der Waals surface area (Å²) in [6.07, 6.45) is 2.52. The van der Waals surface area contributed by atoms with Crippen molar-refractivity contribution in [2.75, 3.05) is 27.2 Å². The molecule has 1 aliphatic rings. The number of hydrogen-bond donors (Lipinski definition) is 2. The van der Waals surface area contributed by atoms with Crippen LogP contribution in [0.5, 0.6) is 5.75 Å². The molecule has 0 spiro atoms. The maximum atomic E-state index is 13.2. The average Bonchev–Trinajstić information content (AvgIpc) is 3.39. The molecule has 2 N–H and O–H groups in total. The zero-order valence-corrected chi connectivity index (χ0v) is 17.8. The fraction of sp³-hybridized carbons (Fsp3) is 0.611. The van der Waals surface area contributed by atoms with Crippen molar-refractivity contribution in [3.63, 3.8) is 0 Å². The second-order valence-electron chi connectivity index (χ2n) is 6.47. The summed E-state index contributed by atoms with van der Waals surface area (Å²) in [7, 11) is 3.93. The lowest BCUT2D eigenvalue weighted by Crippen LogP contribution is -2.47. The molecule has 0 aromatic heterocycles. The van der Waals surface area contributed by atoms with Gasteiger partial charge < -0.3 is 15.4 Å². The van der Waals surface area contributed by atoms with E-state index in [9.17, 15) is 4.39 Å². The first kappa shape index (κ1) is 22.0. The van der Waals surface area contributed by atoms with Crippen LogP contribution in [-0.2, 0) is 0 Å². The van der Waals surface area contributed by atoms with Crippen LogP contribution in [0, 0.1) is 5.82 Å². The summed E-state index contributed by atoms with van der Waals surface area (Å²) in [6, 6.07) is 7.39. The number of aliphatic imine (C=N–C) groups is 1. The van der Waals surface area contributed by atoms with Crippen LogP contribution in [0.15, 0.2) is 29.3 Å². The molecule has 7 heteroatoms. The lowest BCUT2D eigenvalue weighted by Gasteiger charge is -2.25. The molecule has 5 nitrogen and oxygen atoms in total. The van der Waals surface area contributed by atoms with E-state index in [-0.39, 0.29) is 35.9 Å². The Bertz CT molecular complexity index is 554. The number of rotatable bonds is 8. The zero-order valence-electron chi connectivity index (χ0n) is 15.5.